The molecule has 1 saturated heterocycles. The minimum Gasteiger partial charge on any atom is -0.444 e. The minimum absolute atomic E-state index is 0.229. The van der Waals surface area contributed by atoms with E-state index in [0.29, 0.717) is 18.2 Å². The number of amides is 1. The molecule has 23 heavy (non-hydrogen) atoms. The number of fused-ring (bicyclic) bond motifs is 1. The molecule has 1 aliphatic rings. The quantitative estimate of drug-likeness (QED) is 0.478. The first-order valence-electron chi connectivity index (χ1n) is 7.55. The van der Waals surface area contributed by atoms with Gasteiger partial charge in [-0.1, -0.05) is 11.6 Å². The number of carbonyl (C=O) groups is 1. The number of nitrogens with zero attached hydrogens (tertiary/aromatic N) is 3. The van der Waals surface area contributed by atoms with Crippen molar-refractivity contribution in [3.05, 3.63) is 27.2 Å². The largest absolute Gasteiger partial charge is 0.444 e. The van der Waals surface area contributed by atoms with Crippen LogP contribution in [0.2, 0.25) is 5.15 Å². The topological polar surface area (TPSA) is 47.4 Å². The summed E-state index contributed by atoms with van der Waals surface area (Å²) in [6.45, 7) is 7.00. The molecule has 0 saturated carbocycles. The smallest absolute Gasteiger partial charge is 0.410 e. The maximum Gasteiger partial charge on any atom is 0.410 e. The zero-order chi connectivity index (χ0) is 16.8. The third kappa shape index (κ3) is 3.42. The molecule has 0 spiro atoms. The fourth-order valence-electron chi connectivity index (χ4n) is 2.88. The molecule has 7 heteroatoms. The van der Waals surface area contributed by atoms with E-state index in [0.717, 1.165) is 20.9 Å². The van der Waals surface area contributed by atoms with E-state index in [2.05, 4.69) is 38.3 Å². The highest BCUT2D eigenvalue weighted by Gasteiger charge is 2.31. The van der Waals surface area contributed by atoms with Gasteiger partial charge < -0.3 is 14.2 Å². The van der Waals surface area contributed by atoms with Crippen molar-refractivity contribution in [2.24, 2.45) is 0 Å². The van der Waals surface area contributed by atoms with Crippen molar-refractivity contribution in [1.82, 2.24) is 14.5 Å². The Bertz CT molecular complexity index is 754. The fourth-order valence-corrected chi connectivity index (χ4v) is 4.13. The highest BCUT2D eigenvalue weighted by atomic mass is 127. The van der Waals surface area contributed by atoms with Gasteiger partial charge in [-0.2, -0.15) is 0 Å². The number of carbonyl (C=O) groups excluding carboxylic acids is 1. The fraction of sp³-hybridized carbons (Fsp3) is 0.500. The molecule has 0 radical (unpaired) electrons. The third-order valence-electron chi connectivity index (χ3n) is 3.86. The molecule has 0 aromatic carbocycles. The lowest BCUT2D eigenvalue weighted by Crippen LogP contribution is -2.35. The number of aromatic nitrogens is 2. The van der Waals surface area contributed by atoms with Crippen molar-refractivity contribution in [3.63, 3.8) is 0 Å². The molecule has 2 aromatic heterocycles. The highest BCUT2D eigenvalue weighted by molar-refractivity contribution is 14.1. The van der Waals surface area contributed by atoms with Crippen LogP contribution in [0, 0.1) is 3.57 Å². The number of pyridine rings is 1. The van der Waals surface area contributed by atoms with Crippen LogP contribution in [-0.2, 0) is 4.74 Å². The Kier molecular flexibility index (Phi) is 4.48. The van der Waals surface area contributed by atoms with Gasteiger partial charge in [0.15, 0.2) is 0 Å². The summed E-state index contributed by atoms with van der Waals surface area (Å²) in [7, 11) is 0. The van der Waals surface area contributed by atoms with Gasteiger partial charge in [0.1, 0.15) is 10.8 Å². The van der Waals surface area contributed by atoms with E-state index in [1.165, 1.54) is 0 Å². The molecule has 1 aliphatic heterocycles. The number of rotatable bonds is 1. The van der Waals surface area contributed by atoms with Crippen molar-refractivity contribution in [1.29, 1.82) is 0 Å². The second-order valence-corrected chi connectivity index (χ2v) is 8.27. The van der Waals surface area contributed by atoms with Crippen LogP contribution in [0.5, 0.6) is 0 Å². The summed E-state index contributed by atoms with van der Waals surface area (Å²) in [6, 6.07) is 2.20. The van der Waals surface area contributed by atoms with E-state index in [1.807, 2.05) is 26.8 Å². The van der Waals surface area contributed by atoms with E-state index in [-0.39, 0.29) is 12.1 Å². The average Bonchev–Trinajstić information content (AvgIpc) is 3.02. The van der Waals surface area contributed by atoms with E-state index >= 15 is 0 Å². The Morgan fingerprint density at radius 2 is 2.22 bits per heavy atom. The zero-order valence-electron chi connectivity index (χ0n) is 13.3. The van der Waals surface area contributed by atoms with Gasteiger partial charge >= 0.3 is 6.09 Å². The summed E-state index contributed by atoms with van der Waals surface area (Å²) in [4.78, 5) is 18.2. The lowest BCUT2D eigenvalue weighted by molar-refractivity contribution is 0.0289. The molecule has 0 aliphatic carbocycles. The molecule has 1 amide bonds. The minimum atomic E-state index is -0.468. The van der Waals surface area contributed by atoms with Crippen LogP contribution in [-0.4, -0.2) is 39.2 Å². The maximum absolute atomic E-state index is 12.2. The first-order chi connectivity index (χ1) is 10.8. The number of likely N-dealkylation sites (tertiary alicyclic amines) is 1. The predicted octanol–water partition coefficient (Wildman–Crippen LogP) is 4.48. The van der Waals surface area contributed by atoms with Crippen molar-refractivity contribution < 1.29 is 9.53 Å². The summed E-state index contributed by atoms with van der Waals surface area (Å²) < 4.78 is 8.74. The molecule has 1 fully saturated rings. The molecule has 3 heterocycles. The Morgan fingerprint density at radius 1 is 1.48 bits per heavy atom. The molecule has 1 atom stereocenters. The number of halogens is 2. The molecule has 1 unspecified atom stereocenters. The van der Waals surface area contributed by atoms with Crippen LogP contribution in [0.15, 0.2) is 18.5 Å². The van der Waals surface area contributed by atoms with Gasteiger partial charge in [0.25, 0.3) is 0 Å². The average molecular weight is 448 g/mol. The zero-order valence-corrected chi connectivity index (χ0v) is 16.3. The second-order valence-electron chi connectivity index (χ2n) is 6.75. The number of hydrogen-bond acceptors (Lipinski definition) is 3. The Hall–Kier alpha value is -1.02. The van der Waals surface area contributed by atoms with Gasteiger partial charge in [-0.25, -0.2) is 9.78 Å². The third-order valence-corrected chi connectivity index (χ3v) is 4.97. The molecule has 3 rings (SSSR count). The second kappa shape index (κ2) is 6.12. The van der Waals surface area contributed by atoms with Crippen LogP contribution >= 0.6 is 34.2 Å². The van der Waals surface area contributed by atoms with Crippen LogP contribution in [0.25, 0.3) is 10.9 Å². The van der Waals surface area contributed by atoms with Crippen molar-refractivity contribution in [2.75, 3.05) is 13.1 Å². The SMILES string of the molecule is CC(C)(C)OC(=O)N1CCC(n2cc(I)c3c(Cl)nccc32)C1. The Morgan fingerprint density at radius 3 is 2.91 bits per heavy atom. The molecule has 0 N–H and O–H groups in total. The van der Waals surface area contributed by atoms with Crippen LogP contribution in [0.1, 0.15) is 33.2 Å². The normalized spacial score (nSPS) is 18.7. The maximum atomic E-state index is 12.2. The van der Waals surface area contributed by atoms with Gasteiger partial charge in [-0.3, -0.25) is 0 Å². The van der Waals surface area contributed by atoms with Gasteiger partial charge in [0, 0.05) is 29.1 Å². The summed E-state index contributed by atoms with van der Waals surface area (Å²) >= 11 is 8.50. The highest BCUT2D eigenvalue weighted by Crippen LogP contribution is 2.33. The van der Waals surface area contributed by atoms with Crippen molar-refractivity contribution in [2.45, 2.75) is 38.8 Å². The van der Waals surface area contributed by atoms with E-state index in [4.69, 9.17) is 16.3 Å². The molecular formula is C16H19ClIN3O2. The standard InChI is InChI=1S/C16H19ClIN3O2/c1-16(2,3)23-15(22)20-7-5-10(8-20)21-9-11(18)13-12(21)4-6-19-14(13)17/h4,6,9-10H,5,7-8H2,1-3H3. The summed E-state index contributed by atoms with van der Waals surface area (Å²) in [5.74, 6) is 0. The monoisotopic (exact) mass is 447 g/mol. The van der Waals surface area contributed by atoms with Crippen molar-refractivity contribution >= 4 is 51.2 Å². The van der Waals surface area contributed by atoms with Crippen LogP contribution in [0.4, 0.5) is 4.79 Å². The van der Waals surface area contributed by atoms with E-state index in [1.54, 1.807) is 11.1 Å². The van der Waals surface area contributed by atoms with Crippen molar-refractivity contribution in [3.8, 4) is 0 Å². The molecule has 5 nitrogen and oxygen atoms in total. The number of ether oxygens (including phenoxy) is 1. The molecule has 2 aromatic rings. The predicted molar refractivity (Wildman–Crippen MR) is 98.9 cm³/mol. The summed E-state index contributed by atoms with van der Waals surface area (Å²) in [6.07, 6.45) is 4.46. The van der Waals surface area contributed by atoms with Gasteiger partial charge in [-0.15, -0.1) is 0 Å². The van der Waals surface area contributed by atoms with E-state index in [9.17, 15) is 4.79 Å². The number of hydrogen-bond donors (Lipinski definition) is 0. The van der Waals surface area contributed by atoms with Crippen LogP contribution < -0.4 is 0 Å². The van der Waals surface area contributed by atoms with Crippen LogP contribution in [0.3, 0.4) is 0 Å². The Labute approximate surface area is 154 Å². The van der Waals surface area contributed by atoms with Gasteiger partial charge in [0.05, 0.1) is 16.9 Å². The lowest BCUT2D eigenvalue weighted by Gasteiger charge is -2.24. The lowest BCUT2D eigenvalue weighted by atomic mass is 10.2. The summed E-state index contributed by atoms with van der Waals surface area (Å²) in [5, 5.41) is 1.50. The molecule has 124 valence electrons. The molecule has 0 bridgehead atoms. The van der Waals surface area contributed by atoms with Gasteiger partial charge in [0.2, 0.25) is 0 Å². The van der Waals surface area contributed by atoms with Gasteiger partial charge in [-0.05, 0) is 55.8 Å². The first-order valence-corrected chi connectivity index (χ1v) is 9.00. The Balaban J connectivity index is 1.83. The first kappa shape index (κ1) is 16.8. The summed E-state index contributed by atoms with van der Waals surface area (Å²) in [5.41, 5.74) is 0.592. The molecular weight excluding hydrogens is 429 g/mol. The van der Waals surface area contributed by atoms with E-state index < -0.39 is 5.60 Å².